The van der Waals surface area contributed by atoms with Crippen molar-refractivity contribution in [2.24, 2.45) is 57.3 Å². The molecule has 4 atom stereocenters. The summed E-state index contributed by atoms with van der Waals surface area (Å²) < 4.78 is 0. The van der Waals surface area contributed by atoms with E-state index in [0.717, 1.165) is 27.7 Å². The Labute approximate surface area is 342 Å². The Morgan fingerprint density at radius 2 is 0.433 bits per heavy atom. The fraction of sp³-hybridized carbons (Fsp3) is 0.846. The fourth-order valence-corrected chi connectivity index (χ4v) is 1.46. The van der Waals surface area contributed by atoms with E-state index in [-0.39, 0.29) is 26.2 Å². The van der Waals surface area contributed by atoms with Gasteiger partial charge in [0.2, 0.25) is 48.3 Å². The van der Waals surface area contributed by atoms with Gasteiger partial charge < -0.3 is 159 Å². The number of rotatable bonds is 13. The maximum Gasteiger partial charge on any atom is 0.300 e. The molecule has 0 heterocycles. The number of aliphatic hydroxyl groups excluding tert-OH is 4. The van der Waals surface area contributed by atoms with Crippen LogP contribution in [0.15, 0.2) is 0 Å². The van der Waals surface area contributed by atoms with Crippen LogP contribution in [0.1, 0.15) is 27.7 Å². The first kappa shape index (κ1) is 77.4. The lowest BCUT2D eigenvalue weighted by Crippen LogP contribution is -2.59. The van der Waals surface area contributed by atoms with E-state index in [0.29, 0.717) is 13.1 Å². The summed E-state index contributed by atoms with van der Waals surface area (Å²) in [5, 5.41) is 166. The van der Waals surface area contributed by atoms with Gasteiger partial charge in [0.05, 0.1) is 24.2 Å². The summed E-state index contributed by atoms with van der Waals surface area (Å²) in [6.07, 6.45) is -9.20. The molecule has 34 heteroatoms. The molecule has 370 valence electrons. The van der Waals surface area contributed by atoms with Gasteiger partial charge in [-0.15, -0.1) is 0 Å². The number of carbonyl (C=O) groups is 4. The average molecular weight is 909 g/mol. The highest BCUT2D eigenvalue weighted by atomic mass is 16.6. The first-order chi connectivity index (χ1) is 26.5. The van der Waals surface area contributed by atoms with Crippen LogP contribution in [0.5, 0.6) is 0 Å². The van der Waals surface area contributed by atoms with Crippen LogP contribution in [0.4, 0.5) is 0 Å². The van der Waals surface area contributed by atoms with Crippen molar-refractivity contribution in [2.75, 3.05) is 39.3 Å². The van der Waals surface area contributed by atoms with E-state index in [1.165, 1.54) is 0 Å². The maximum atomic E-state index is 9.00. The molecule has 0 aliphatic rings. The minimum atomic E-state index is -2.73. The van der Waals surface area contributed by atoms with E-state index >= 15 is 0 Å². The molecule has 0 saturated heterocycles. The Balaban J connectivity index is -0.0000000720. The van der Waals surface area contributed by atoms with Crippen molar-refractivity contribution in [3.8, 4) is 0 Å². The minimum Gasteiger partial charge on any atom is -0.481 e. The summed E-state index contributed by atoms with van der Waals surface area (Å²) in [7, 11) is 0. The Morgan fingerprint density at radius 1 is 0.350 bits per heavy atom. The third-order valence-electron chi connectivity index (χ3n) is 4.89. The SMILES string of the molecule is CC(=O)O.CC(=O)O.CC(=O)O.CC(=O)O.NCC(N)C(O)(O)C(O)O.NCC(N)C(O)(O)C(O)O.NCC(N)C(O)(O)C(O)O.NCC(N)C(O)(O)C(O)O.NCCN. The molecular weight excluding hydrogens is 836 g/mol. The second kappa shape index (κ2) is 42.5. The molecule has 0 fully saturated rings. The molecule has 34 nitrogen and oxygen atoms in total. The topological polar surface area (TPSA) is 733 Å². The first-order valence-corrected chi connectivity index (χ1v) is 15.8. The lowest BCUT2D eigenvalue weighted by Gasteiger charge is -2.28. The zero-order valence-electron chi connectivity index (χ0n) is 33.2. The lowest BCUT2D eigenvalue weighted by atomic mass is 10.1. The van der Waals surface area contributed by atoms with Crippen LogP contribution in [-0.4, -0.2) is 238 Å². The highest BCUT2D eigenvalue weighted by Gasteiger charge is 2.40. The van der Waals surface area contributed by atoms with Crippen LogP contribution in [0.3, 0.4) is 0 Å². The summed E-state index contributed by atoms with van der Waals surface area (Å²) in [5.74, 6) is -14.2. The number of aliphatic carboxylic acids is 4. The Morgan fingerprint density at radius 3 is 0.450 bits per heavy atom. The van der Waals surface area contributed by atoms with E-state index in [9.17, 15) is 0 Å². The van der Waals surface area contributed by atoms with Crippen LogP contribution in [0.2, 0.25) is 0 Å². The highest BCUT2D eigenvalue weighted by Crippen LogP contribution is 2.09. The smallest absolute Gasteiger partial charge is 0.300 e. The monoisotopic (exact) mass is 908 g/mol. The van der Waals surface area contributed by atoms with E-state index in [2.05, 4.69) is 0 Å². The van der Waals surface area contributed by atoms with Gasteiger partial charge in [0.15, 0.2) is 0 Å². The molecule has 0 aliphatic heterocycles. The zero-order valence-corrected chi connectivity index (χ0v) is 33.2. The Bertz CT molecular complexity index is 859. The molecule has 0 saturated carbocycles. The summed E-state index contributed by atoms with van der Waals surface area (Å²) in [6, 6.07) is -5.08. The van der Waals surface area contributed by atoms with E-state index in [1.807, 2.05) is 0 Å². The molecule has 0 aromatic heterocycles. The van der Waals surface area contributed by atoms with Crippen LogP contribution >= 0.6 is 0 Å². The Kier molecular flexibility index (Phi) is 54.9. The number of nitrogens with two attached hydrogens (primary N) is 10. The summed E-state index contributed by atoms with van der Waals surface area (Å²) >= 11 is 0. The van der Waals surface area contributed by atoms with Crippen molar-refractivity contribution in [1.29, 1.82) is 0 Å². The molecule has 0 aromatic carbocycles. The summed E-state index contributed by atoms with van der Waals surface area (Å²) in [6.45, 7) is 4.55. The minimum absolute atomic E-state index is 0.245. The van der Waals surface area contributed by atoms with Crippen LogP contribution in [-0.2, 0) is 19.2 Å². The standard InChI is InChI=1S/4C4H12N2O4.C2H8N2.4C2H4O2/c4*5-1-2(6)4(9,10)3(7)8;3-1-2-4;4*1-2(3)4/h4*2-3,7-10H,1,5-6H2;1-4H2;4*1H3,(H,3,4). The molecular formula is C26H72N10O24. The molecule has 0 rings (SSSR count). The largest absolute Gasteiger partial charge is 0.481 e. The first-order valence-electron chi connectivity index (χ1n) is 15.8. The third kappa shape index (κ3) is 54.8. The van der Waals surface area contributed by atoms with Gasteiger partial charge in [-0.05, 0) is 0 Å². The van der Waals surface area contributed by atoms with Gasteiger partial charge in [-0.1, -0.05) is 0 Å². The van der Waals surface area contributed by atoms with Crippen molar-refractivity contribution in [2.45, 2.75) is 100 Å². The molecule has 0 aromatic rings. The second-order valence-corrected chi connectivity index (χ2v) is 10.6. The Hall–Kier alpha value is -3.16. The number of carboxylic acids is 4. The predicted molar refractivity (Wildman–Crippen MR) is 201 cm³/mol. The lowest BCUT2D eigenvalue weighted by molar-refractivity contribution is -0.297. The number of hydrogen-bond donors (Lipinski definition) is 30. The highest BCUT2D eigenvalue weighted by molar-refractivity contribution is 5.63. The van der Waals surface area contributed by atoms with Crippen molar-refractivity contribution in [1.82, 2.24) is 0 Å². The number of carboxylic acid groups (broad SMARTS) is 4. The molecule has 40 N–H and O–H groups in total. The third-order valence-corrected chi connectivity index (χ3v) is 4.89. The predicted octanol–water partition coefficient (Wildman–Crippen LogP) is -15.7. The summed E-state index contributed by atoms with van der Waals surface area (Å²) in [5.41, 5.74) is 49.5. The van der Waals surface area contributed by atoms with Crippen LogP contribution in [0, 0.1) is 0 Å². The normalized spacial score (nSPS) is 12.8. The number of aliphatic hydroxyl groups is 16. The average Bonchev–Trinajstić information content (AvgIpc) is 3.09. The van der Waals surface area contributed by atoms with Gasteiger partial charge in [0, 0.05) is 67.0 Å². The fourth-order valence-electron chi connectivity index (χ4n) is 1.46. The van der Waals surface area contributed by atoms with E-state index < -0.39 is 96.4 Å². The van der Waals surface area contributed by atoms with Gasteiger partial charge in [-0.25, -0.2) is 0 Å². The van der Waals surface area contributed by atoms with E-state index in [1.54, 1.807) is 0 Å². The summed E-state index contributed by atoms with van der Waals surface area (Å²) in [4.78, 5) is 36.0. The zero-order chi connectivity index (χ0) is 51.2. The van der Waals surface area contributed by atoms with Crippen LogP contribution < -0.4 is 57.3 Å². The van der Waals surface area contributed by atoms with Gasteiger partial charge in [-0.2, -0.15) is 0 Å². The second-order valence-electron chi connectivity index (χ2n) is 10.6. The van der Waals surface area contributed by atoms with Crippen molar-refractivity contribution < 1.29 is 121 Å². The number of hydrogen-bond acceptors (Lipinski definition) is 30. The molecule has 4 unspecified atom stereocenters. The molecule has 0 bridgehead atoms. The quantitative estimate of drug-likeness (QED) is 0.0763. The van der Waals surface area contributed by atoms with E-state index in [4.69, 9.17) is 179 Å². The maximum absolute atomic E-state index is 9.00. The van der Waals surface area contributed by atoms with Crippen molar-refractivity contribution in [3.63, 3.8) is 0 Å². The molecule has 0 amide bonds. The van der Waals surface area contributed by atoms with Crippen molar-refractivity contribution in [3.05, 3.63) is 0 Å². The van der Waals surface area contributed by atoms with Gasteiger partial charge >= 0.3 is 0 Å². The van der Waals surface area contributed by atoms with Crippen LogP contribution in [0.25, 0.3) is 0 Å². The van der Waals surface area contributed by atoms with Gasteiger partial charge in [-0.3, -0.25) is 19.2 Å². The van der Waals surface area contributed by atoms with Crippen molar-refractivity contribution >= 4 is 23.9 Å². The molecule has 0 spiro atoms. The molecule has 60 heavy (non-hydrogen) atoms. The molecule has 0 aliphatic carbocycles. The van der Waals surface area contributed by atoms with Gasteiger partial charge in [0.25, 0.3) is 23.9 Å². The van der Waals surface area contributed by atoms with Gasteiger partial charge in [0.1, 0.15) is 0 Å². The molecule has 0 radical (unpaired) electrons.